The fourth-order valence-corrected chi connectivity index (χ4v) is 8.93. The van der Waals surface area contributed by atoms with Crippen molar-refractivity contribution in [1.82, 2.24) is 4.57 Å². The van der Waals surface area contributed by atoms with Gasteiger partial charge in [0.15, 0.2) is 0 Å². The van der Waals surface area contributed by atoms with E-state index in [1.54, 1.807) is 0 Å². The Morgan fingerprint density at radius 3 is 1.76 bits per heavy atom. The number of hydrogen-bond acceptors (Lipinski definition) is 2. The van der Waals surface area contributed by atoms with E-state index in [1.807, 2.05) is 11.3 Å². The predicted octanol–water partition coefficient (Wildman–Crippen LogP) is 14.0. The van der Waals surface area contributed by atoms with Crippen molar-refractivity contribution in [3.8, 4) is 27.9 Å². The van der Waals surface area contributed by atoms with Crippen LogP contribution in [0.3, 0.4) is 0 Å². The van der Waals surface area contributed by atoms with Gasteiger partial charge in [0, 0.05) is 37.5 Å². The number of aromatic nitrogens is 1. The van der Waals surface area contributed by atoms with Crippen LogP contribution in [0.4, 0.5) is 17.1 Å². The molecule has 2 nitrogen and oxygen atoms in total. The van der Waals surface area contributed by atoms with Gasteiger partial charge < -0.3 is 9.47 Å². The molecule has 0 aliphatic heterocycles. The second-order valence-corrected chi connectivity index (χ2v) is 14.0. The molecule has 8 aromatic carbocycles. The topological polar surface area (TPSA) is 8.17 Å². The first kappa shape index (κ1) is 29.5. The lowest BCUT2D eigenvalue weighted by Gasteiger charge is -2.29. The van der Waals surface area contributed by atoms with Crippen LogP contribution in [-0.2, 0) is 0 Å². The highest BCUT2D eigenvalue weighted by atomic mass is 32.1. The fourth-order valence-electron chi connectivity index (χ4n) is 7.73. The van der Waals surface area contributed by atoms with Crippen LogP contribution < -0.4 is 4.90 Å². The van der Waals surface area contributed by atoms with Gasteiger partial charge in [0.25, 0.3) is 0 Å². The maximum absolute atomic E-state index is 2.51. The minimum atomic E-state index is 1.14. The van der Waals surface area contributed by atoms with E-state index in [9.17, 15) is 0 Å². The molecule has 0 N–H and O–H groups in total. The molecule has 0 fully saturated rings. The summed E-state index contributed by atoms with van der Waals surface area (Å²) in [7, 11) is 0. The molecule has 0 aliphatic rings. The number of nitrogens with zero attached hydrogens (tertiary/aromatic N) is 2. The highest BCUT2D eigenvalue weighted by Gasteiger charge is 2.25. The molecule has 0 radical (unpaired) electrons. The van der Waals surface area contributed by atoms with E-state index in [2.05, 4.69) is 204 Å². The average Bonchev–Trinajstić information content (AvgIpc) is 3.76. The largest absolute Gasteiger partial charge is 0.309 e. The van der Waals surface area contributed by atoms with Crippen LogP contribution >= 0.6 is 11.3 Å². The van der Waals surface area contributed by atoms with E-state index in [4.69, 9.17) is 0 Å². The summed E-state index contributed by atoms with van der Waals surface area (Å²) >= 11 is 1.87. The first-order chi connectivity index (χ1) is 25.3. The van der Waals surface area contributed by atoms with Gasteiger partial charge in [-0.15, -0.1) is 11.3 Å². The van der Waals surface area contributed by atoms with Crippen LogP contribution in [0.1, 0.15) is 0 Å². The Morgan fingerprint density at radius 1 is 0.373 bits per heavy atom. The molecule has 2 aromatic heterocycles. The van der Waals surface area contributed by atoms with Crippen molar-refractivity contribution in [2.75, 3.05) is 4.90 Å². The molecule has 0 amide bonds. The standard InChI is InChI=1S/C48H32N2S/c1-3-15-33(16-4-1)34-29-31-36(32-30-34)49-42-24-11-8-21-40(42)47-43(49)25-14-26-44(47)50(41-23-10-7-19-37(41)35-17-5-2-6-18-35)45-27-13-22-39-38-20-9-12-28-46(38)51-48(39)45/h1-32H. The monoisotopic (exact) mass is 668 g/mol. The van der Waals surface area contributed by atoms with Gasteiger partial charge in [-0.05, 0) is 65.2 Å². The van der Waals surface area contributed by atoms with Crippen molar-refractivity contribution in [1.29, 1.82) is 0 Å². The van der Waals surface area contributed by atoms with Crippen LogP contribution in [0, 0.1) is 0 Å². The van der Waals surface area contributed by atoms with Gasteiger partial charge in [-0.25, -0.2) is 0 Å². The Kier molecular flexibility index (Phi) is 7.04. The summed E-state index contributed by atoms with van der Waals surface area (Å²) in [6, 6.07) is 70.3. The van der Waals surface area contributed by atoms with Crippen LogP contribution in [-0.4, -0.2) is 4.57 Å². The van der Waals surface area contributed by atoms with Gasteiger partial charge in [0.2, 0.25) is 0 Å². The first-order valence-corrected chi connectivity index (χ1v) is 18.2. The molecule has 240 valence electrons. The van der Waals surface area contributed by atoms with Gasteiger partial charge in [0.1, 0.15) is 0 Å². The maximum atomic E-state index is 2.51. The van der Waals surface area contributed by atoms with Gasteiger partial charge in [-0.3, -0.25) is 0 Å². The number of fused-ring (bicyclic) bond motifs is 6. The van der Waals surface area contributed by atoms with Crippen LogP contribution in [0.5, 0.6) is 0 Å². The molecule has 51 heavy (non-hydrogen) atoms. The minimum absolute atomic E-state index is 1.14. The van der Waals surface area contributed by atoms with Gasteiger partial charge in [-0.2, -0.15) is 0 Å². The molecular weight excluding hydrogens is 637 g/mol. The highest BCUT2D eigenvalue weighted by molar-refractivity contribution is 7.26. The van der Waals surface area contributed by atoms with Gasteiger partial charge >= 0.3 is 0 Å². The molecule has 0 aliphatic carbocycles. The summed E-state index contributed by atoms with van der Waals surface area (Å²) in [6.45, 7) is 0. The number of thiophene rings is 1. The van der Waals surface area contributed by atoms with E-state index in [0.29, 0.717) is 0 Å². The van der Waals surface area contributed by atoms with E-state index >= 15 is 0 Å². The van der Waals surface area contributed by atoms with Gasteiger partial charge in [-0.1, -0.05) is 146 Å². The average molecular weight is 669 g/mol. The number of hydrogen-bond donors (Lipinski definition) is 0. The third-order valence-corrected chi connectivity index (χ3v) is 11.2. The summed E-state index contributed by atoms with van der Waals surface area (Å²) in [5.74, 6) is 0. The quantitative estimate of drug-likeness (QED) is 0.171. The van der Waals surface area contributed by atoms with Gasteiger partial charge in [0.05, 0.1) is 32.8 Å². The number of rotatable bonds is 6. The summed E-state index contributed by atoms with van der Waals surface area (Å²) in [4.78, 5) is 2.51. The van der Waals surface area contributed by atoms with Crippen molar-refractivity contribution in [2.45, 2.75) is 0 Å². The van der Waals surface area contributed by atoms with Crippen LogP contribution in [0.2, 0.25) is 0 Å². The van der Waals surface area contributed by atoms with Crippen molar-refractivity contribution in [3.63, 3.8) is 0 Å². The fraction of sp³-hybridized carbons (Fsp3) is 0. The van der Waals surface area contributed by atoms with Crippen molar-refractivity contribution in [3.05, 3.63) is 194 Å². The Labute approximate surface area is 300 Å². The third-order valence-electron chi connectivity index (χ3n) is 10.0. The van der Waals surface area contributed by atoms with Crippen LogP contribution in [0.25, 0.3) is 69.9 Å². The Bertz CT molecular complexity index is 2850. The Morgan fingerprint density at radius 2 is 0.941 bits per heavy atom. The molecule has 0 unspecified atom stereocenters. The number of para-hydroxylation sites is 2. The highest BCUT2D eigenvalue weighted by Crippen LogP contribution is 2.50. The first-order valence-electron chi connectivity index (χ1n) is 17.4. The molecule has 0 saturated heterocycles. The Hall–Kier alpha value is -6.42. The van der Waals surface area contributed by atoms with Crippen LogP contribution in [0.15, 0.2) is 194 Å². The van der Waals surface area contributed by atoms with Crippen molar-refractivity contribution in [2.24, 2.45) is 0 Å². The molecule has 0 atom stereocenters. The third kappa shape index (κ3) is 4.85. The zero-order valence-corrected chi connectivity index (χ0v) is 28.6. The summed E-state index contributed by atoms with van der Waals surface area (Å²) in [5, 5.41) is 5.02. The zero-order chi connectivity index (χ0) is 33.7. The summed E-state index contributed by atoms with van der Waals surface area (Å²) in [5.41, 5.74) is 11.8. The smallest absolute Gasteiger partial charge is 0.0640 e. The van der Waals surface area contributed by atoms with Crippen molar-refractivity contribution >= 4 is 70.4 Å². The molecule has 0 saturated carbocycles. The number of anilines is 3. The molecule has 3 heteroatoms. The number of benzene rings is 8. The summed E-state index contributed by atoms with van der Waals surface area (Å²) < 4.78 is 4.99. The molecule has 2 heterocycles. The van der Waals surface area contributed by atoms with E-state index in [0.717, 1.165) is 17.1 Å². The minimum Gasteiger partial charge on any atom is -0.309 e. The normalized spacial score (nSPS) is 11.5. The SMILES string of the molecule is c1ccc(-c2ccc(-n3c4ccccc4c4c(N(c5ccccc5-c5ccccc5)c5cccc6c5sc5ccccc56)cccc43)cc2)cc1. The molecule has 10 aromatic rings. The second kappa shape index (κ2) is 12.2. The lowest BCUT2D eigenvalue weighted by atomic mass is 10.0. The summed E-state index contributed by atoms with van der Waals surface area (Å²) in [6.07, 6.45) is 0. The lowest BCUT2D eigenvalue weighted by Crippen LogP contribution is -2.12. The van der Waals surface area contributed by atoms with Crippen molar-refractivity contribution < 1.29 is 0 Å². The van der Waals surface area contributed by atoms with E-state index in [1.165, 1.54) is 69.9 Å². The van der Waals surface area contributed by atoms with E-state index < -0.39 is 0 Å². The molecule has 0 spiro atoms. The molecule has 10 rings (SSSR count). The maximum Gasteiger partial charge on any atom is 0.0640 e. The second-order valence-electron chi connectivity index (χ2n) is 12.9. The molecular formula is C48H32N2S. The lowest BCUT2D eigenvalue weighted by molar-refractivity contribution is 1.18. The predicted molar refractivity (Wildman–Crippen MR) is 219 cm³/mol. The zero-order valence-electron chi connectivity index (χ0n) is 27.8. The Balaban J connectivity index is 1.27. The van der Waals surface area contributed by atoms with E-state index in [-0.39, 0.29) is 0 Å². The molecule has 0 bridgehead atoms.